The van der Waals surface area contributed by atoms with Crippen molar-refractivity contribution in [3.63, 3.8) is 0 Å². The minimum atomic E-state index is -1.13. The van der Waals surface area contributed by atoms with Gasteiger partial charge in [0.05, 0.1) is 33.0 Å². The van der Waals surface area contributed by atoms with Crippen molar-refractivity contribution in [1.82, 2.24) is 0 Å². The predicted octanol–water partition coefficient (Wildman–Crippen LogP) is 5.48. The molecule has 9 heteroatoms. The van der Waals surface area contributed by atoms with Crippen molar-refractivity contribution < 1.29 is 4.79 Å². The number of anilines is 2. The average molecular weight is 416 g/mol. The molecule has 0 radical (unpaired) electrons. The number of carbonyl (C=O) groups excluding carboxylic acids is 1. The molecule has 1 atom stereocenters. The summed E-state index contributed by atoms with van der Waals surface area (Å²) in [6.07, 6.45) is 1.16. The second-order valence-electron chi connectivity index (χ2n) is 4.74. The van der Waals surface area contributed by atoms with Crippen LogP contribution in [0.25, 0.3) is 0 Å². The summed E-state index contributed by atoms with van der Waals surface area (Å²) in [7, 11) is 0. The van der Waals surface area contributed by atoms with E-state index in [4.69, 9.17) is 51.7 Å². The molecule has 1 amide bonds. The molecule has 0 saturated carbocycles. The molecular formula is C16H10Cl4N4O. The summed E-state index contributed by atoms with van der Waals surface area (Å²) >= 11 is 23.5. The van der Waals surface area contributed by atoms with Crippen LogP contribution in [-0.4, -0.2) is 12.1 Å². The Hall–Kier alpha value is -1.97. The molecular weight excluding hydrogens is 406 g/mol. The minimum Gasteiger partial charge on any atom is -0.325 e. The standard InChI is InChI=1S/C16H10Cl4N4O/c17-10-1-3-13(19)15(5-10)24-22-8-9(7-21)16(25)23-11-2-4-12(18)14(20)6-11/h1-6,8-9,24H,(H,23,25). The van der Waals surface area contributed by atoms with Gasteiger partial charge in [0.25, 0.3) is 0 Å². The van der Waals surface area contributed by atoms with E-state index in [2.05, 4.69) is 15.8 Å². The van der Waals surface area contributed by atoms with E-state index in [9.17, 15) is 4.79 Å². The summed E-state index contributed by atoms with van der Waals surface area (Å²) in [6, 6.07) is 11.2. The van der Waals surface area contributed by atoms with E-state index in [0.29, 0.717) is 31.5 Å². The SMILES string of the molecule is N#CC(C=NNc1cc(Cl)ccc1Cl)C(=O)Nc1ccc(Cl)c(Cl)c1. The molecule has 2 N–H and O–H groups in total. The Balaban J connectivity index is 2.03. The summed E-state index contributed by atoms with van der Waals surface area (Å²) in [4.78, 5) is 12.1. The van der Waals surface area contributed by atoms with E-state index in [1.807, 2.05) is 6.07 Å². The molecule has 0 aromatic heterocycles. The van der Waals surface area contributed by atoms with Gasteiger partial charge in [0.2, 0.25) is 5.91 Å². The minimum absolute atomic E-state index is 0.291. The van der Waals surface area contributed by atoms with Crippen LogP contribution in [0.2, 0.25) is 20.1 Å². The maximum absolute atomic E-state index is 12.1. The maximum Gasteiger partial charge on any atom is 0.247 e. The fourth-order valence-corrected chi connectivity index (χ4v) is 2.35. The molecule has 128 valence electrons. The second-order valence-corrected chi connectivity index (χ2v) is 6.40. The van der Waals surface area contributed by atoms with Crippen molar-refractivity contribution in [3.05, 3.63) is 56.5 Å². The first-order chi connectivity index (χ1) is 11.9. The Morgan fingerprint density at radius 2 is 1.80 bits per heavy atom. The number of nitrogens with one attached hydrogen (secondary N) is 2. The smallest absolute Gasteiger partial charge is 0.247 e. The Kier molecular flexibility index (Phi) is 6.91. The zero-order chi connectivity index (χ0) is 18.4. The highest BCUT2D eigenvalue weighted by Gasteiger charge is 2.16. The topological polar surface area (TPSA) is 77.3 Å². The molecule has 2 aromatic rings. The summed E-state index contributed by atoms with van der Waals surface area (Å²) in [5.74, 6) is -1.69. The van der Waals surface area contributed by atoms with E-state index in [1.54, 1.807) is 24.3 Å². The lowest BCUT2D eigenvalue weighted by Gasteiger charge is -2.08. The quantitative estimate of drug-likeness (QED) is 0.501. The zero-order valence-electron chi connectivity index (χ0n) is 12.4. The Morgan fingerprint density at radius 3 is 2.48 bits per heavy atom. The lowest BCUT2D eigenvalue weighted by molar-refractivity contribution is -0.116. The van der Waals surface area contributed by atoms with Crippen LogP contribution < -0.4 is 10.7 Å². The molecule has 1 unspecified atom stereocenters. The highest BCUT2D eigenvalue weighted by Crippen LogP contribution is 2.26. The van der Waals surface area contributed by atoms with Gasteiger partial charge in [-0.05, 0) is 36.4 Å². The number of rotatable bonds is 5. The van der Waals surface area contributed by atoms with E-state index in [-0.39, 0.29) is 0 Å². The summed E-state index contributed by atoms with van der Waals surface area (Å²) < 4.78 is 0. The van der Waals surface area contributed by atoms with Crippen molar-refractivity contribution in [2.75, 3.05) is 10.7 Å². The van der Waals surface area contributed by atoms with Gasteiger partial charge in [-0.1, -0.05) is 46.4 Å². The molecule has 25 heavy (non-hydrogen) atoms. The van der Waals surface area contributed by atoms with Crippen LogP contribution in [-0.2, 0) is 4.79 Å². The van der Waals surface area contributed by atoms with E-state index >= 15 is 0 Å². The fourth-order valence-electron chi connectivity index (χ4n) is 1.72. The van der Waals surface area contributed by atoms with E-state index in [0.717, 1.165) is 6.21 Å². The molecule has 5 nitrogen and oxygen atoms in total. The molecule has 0 fully saturated rings. The van der Waals surface area contributed by atoms with E-state index in [1.165, 1.54) is 12.1 Å². The van der Waals surface area contributed by atoms with Gasteiger partial charge < -0.3 is 5.32 Å². The number of amides is 1. The van der Waals surface area contributed by atoms with Crippen molar-refractivity contribution in [2.45, 2.75) is 0 Å². The molecule has 0 bridgehead atoms. The number of hydrogen-bond donors (Lipinski definition) is 2. The second kappa shape index (κ2) is 8.93. The molecule has 2 rings (SSSR count). The number of benzene rings is 2. The molecule has 0 aliphatic heterocycles. The lowest BCUT2D eigenvalue weighted by atomic mass is 10.1. The number of hydrogen-bond acceptors (Lipinski definition) is 4. The van der Waals surface area contributed by atoms with Gasteiger partial charge in [0.1, 0.15) is 0 Å². The van der Waals surface area contributed by atoms with Gasteiger partial charge in [-0.25, -0.2) is 0 Å². The van der Waals surface area contributed by atoms with Gasteiger partial charge in [-0.2, -0.15) is 10.4 Å². The van der Waals surface area contributed by atoms with Crippen molar-refractivity contribution in [1.29, 1.82) is 5.26 Å². The van der Waals surface area contributed by atoms with Crippen molar-refractivity contribution >= 4 is 69.9 Å². The van der Waals surface area contributed by atoms with Crippen molar-refractivity contribution in [3.8, 4) is 6.07 Å². The number of nitrogens with zero attached hydrogens (tertiary/aromatic N) is 2. The van der Waals surface area contributed by atoms with Gasteiger partial charge in [0.15, 0.2) is 5.92 Å². The average Bonchev–Trinajstić information content (AvgIpc) is 2.58. The Bertz CT molecular complexity index is 864. The molecule has 0 heterocycles. The summed E-state index contributed by atoms with van der Waals surface area (Å²) in [5, 5.41) is 17.1. The third kappa shape index (κ3) is 5.52. The fraction of sp³-hybridized carbons (Fsp3) is 0.0625. The van der Waals surface area contributed by atoms with Crippen LogP contribution in [0.1, 0.15) is 0 Å². The first-order valence-corrected chi connectivity index (χ1v) is 8.31. The van der Waals surface area contributed by atoms with Crippen LogP contribution >= 0.6 is 46.4 Å². The van der Waals surface area contributed by atoms with Gasteiger partial charge in [-0.15, -0.1) is 0 Å². The van der Waals surface area contributed by atoms with Gasteiger partial charge >= 0.3 is 0 Å². The first kappa shape index (κ1) is 19.4. The van der Waals surface area contributed by atoms with Crippen molar-refractivity contribution in [2.24, 2.45) is 11.0 Å². The zero-order valence-corrected chi connectivity index (χ0v) is 15.5. The lowest BCUT2D eigenvalue weighted by Crippen LogP contribution is -2.23. The Labute approximate surface area is 164 Å². The normalized spacial score (nSPS) is 11.8. The number of halogens is 4. The molecule has 0 saturated heterocycles. The molecule has 0 aliphatic rings. The number of carbonyl (C=O) groups is 1. The summed E-state index contributed by atoms with van der Waals surface area (Å²) in [5.41, 5.74) is 3.50. The van der Waals surface area contributed by atoms with Crippen LogP contribution in [0.15, 0.2) is 41.5 Å². The van der Waals surface area contributed by atoms with Gasteiger partial charge in [-0.3, -0.25) is 10.2 Å². The third-order valence-electron chi connectivity index (χ3n) is 2.95. The highest BCUT2D eigenvalue weighted by atomic mass is 35.5. The summed E-state index contributed by atoms with van der Waals surface area (Å²) in [6.45, 7) is 0. The first-order valence-electron chi connectivity index (χ1n) is 6.80. The monoisotopic (exact) mass is 414 g/mol. The maximum atomic E-state index is 12.1. The molecule has 2 aromatic carbocycles. The third-order valence-corrected chi connectivity index (χ3v) is 4.25. The van der Waals surface area contributed by atoms with Crippen LogP contribution in [0.5, 0.6) is 0 Å². The highest BCUT2D eigenvalue weighted by molar-refractivity contribution is 6.42. The van der Waals surface area contributed by atoms with E-state index < -0.39 is 11.8 Å². The number of hydrazone groups is 1. The largest absolute Gasteiger partial charge is 0.325 e. The van der Waals surface area contributed by atoms with Crippen LogP contribution in [0.3, 0.4) is 0 Å². The molecule has 0 spiro atoms. The molecule has 0 aliphatic carbocycles. The number of nitriles is 1. The van der Waals surface area contributed by atoms with Gasteiger partial charge in [0, 0.05) is 10.7 Å². The predicted molar refractivity (Wildman–Crippen MR) is 103 cm³/mol. The Morgan fingerprint density at radius 1 is 1.08 bits per heavy atom. The van der Waals surface area contributed by atoms with Crippen LogP contribution in [0, 0.1) is 17.2 Å². The van der Waals surface area contributed by atoms with Crippen LogP contribution in [0.4, 0.5) is 11.4 Å².